The van der Waals surface area contributed by atoms with E-state index < -0.39 is 45.1 Å². The maximum Gasteiger partial charge on any atom is 0.490 e. The van der Waals surface area contributed by atoms with Crippen molar-refractivity contribution in [1.82, 2.24) is 15.2 Å². The number of anilines is 2. The van der Waals surface area contributed by atoms with Crippen LogP contribution in [0.5, 0.6) is 0 Å². The number of rotatable bonds is 4. The average molecular weight is 758 g/mol. The summed E-state index contributed by atoms with van der Waals surface area (Å²) in [5.41, 5.74) is 4.02. The third-order valence-corrected chi connectivity index (χ3v) is 10.7. The molecule has 5 N–H and O–H groups in total. The molecule has 1 unspecified atom stereocenters. The van der Waals surface area contributed by atoms with E-state index in [1.165, 1.54) is 30.0 Å². The zero-order valence-electron chi connectivity index (χ0n) is 29.3. The molecule has 0 saturated heterocycles. The molecule has 3 aromatic carbocycles. The van der Waals surface area contributed by atoms with E-state index in [9.17, 15) is 40.8 Å². The van der Waals surface area contributed by atoms with E-state index >= 15 is 0 Å². The van der Waals surface area contributed by atoms with Gasteiger partial charge in [0.15, 0.2) is 9.84 Å². The molecule has 0 saturated carbocycles. The van der Waals surface area contributed by atoms with Gasteiger partial charge < -0.3 is 30.9 Å². The van der Waals surface area contributed by atoms with Crippen LogP contribution in [0.1, 0.15) is 54.6 Å². The fraction of sp³-hybridized carbons (Fsp3) is 0.306. The molecule has 2 aliphatic rings. The monoisotopic (exact) mass is 757 g/mol. The molecule has 0 aliphatic carbocycles. The fourth-order valence-corrected chi connectivity index (χ4v) is 6.90. The number of aromatic amines is 1. The number of fused-ring (bicyclic) bond motifs is 10. The molecule has 2 aliphatic heterocycles. The number of hydrogen-bond acceptors (Lipinski definition) is 8. The van der Waals surface area contributed by atoms with Gasteiger partial charge >= 0.3 is 12.1 Å². The molecular formula is C36H38F3N5O8S. The summed E-state index contributed by atoms with van der Waals surface area (Å²) in [6.45, 7) is 8.13. The summed E-state index contributed by atoms with van der Waals surface area (Å²) in [6, 6.07) is 14.3. The van der Waals surface area contributed by atoms with Crippen molar-refractivity contribution in [3.05, 3.63) is 99.0 Å². The number of benzene rings is 3. The van der Waals surface area contributed by atoms with Crippen molar-refractivity contribution in [3.63, 3.8) is 0 Å². The Bertz CT molecular complexity index is 2230. The van der Waals surface area contributed by atoms with Gasteiger partial charge in [0.2, 0.25) is 17.7 Å². The Morgan fingerprint density at radius 2 is 1.60 bits per heavy atom. The first-order valence-electron chi connectivity index (χ1n) is 16.2. The number of aliphatic carboxylic acids is 1. The van der Waals surface area contributed by atoms with E-state index in [0.29, 0.717) is 27.9 Å². The Kier molecular flexibility index (Phi) is 12.0. The molecule has 6 rings (SSSR count). The highest BCUT2D eigenvalue weighted by Gasteiger charge is 2.38. The molecule has 3 heterocycles. The van der Waals surface area contributed by atoms with Gasteiger partial charge in [-0.25, -0.2) is 13.2 Å². The zero-order valence-corrected chi connectivity index (χ0v) is 30.2. The summed E-state index contributed by atoms with van der Waals surface area (Å²) in [7, 11) is -3.75. The van der Waals surface area contributed by atoms with Crippen LogP contribution < -0.4 is 21.5 Å². The lowest BCUT2D eigenvalue weighted by atomic mass is 9.94. The quantitative estimate of drug-likeness (QED) is 0.196. The van der Waals surface area contributed by atoms with E-state index in [2.05, 4.69) is 20.9 Å². The topological polar surface area (TPSA) is 195 Å². The van der Waals surface area contributed by atoms with Crippen molar-refractivity contribution in [3.8, 4) is 0 Å². The molecule has 4 aromatic rings. The number of carboxylic acids is 1. The van der Waals surface area contributed by atoms with Gasteiger partial charge in [-0.3, -0.25) is 19.2 Å². The van der Waals surface area contributed by atoms with Crippen LogP contribution in [0.25, 0.3) is 10.8 Å². The number of pyridine rings is 1. The molecule has 282 valence electrons. The highest BCUT2D eigenvalue weighted by atomic mass is 32.2. The molecule has 0 radical (unpaired) electrons. The number of carboxylic acid groups (broad SMARTS) is 1. The molecule has 3 amide bonds. The van der Waals surface area contributed by atoms with Gasteiger partial charge in [0.05, 0.1) is 10.1 Å². The van der Waals surface area contributed by atoms with E-state index in [4.69, 9.17) is 9.90 Å². The lowest BCUT2D eigenvalue weighted by Crippen LogP contribution is -2.37. The van der Waals surface area contributed by atoms with E-state index in [0.717, 1.165) is 22.1 Å². The predicted molar refractivity (Wildman–Crippen MR) is 191 cm³/mol. The summed E-state index contributed by atoms with van der Waals surface area (Å²) >= 11 is 0. The summed E-state index contributed by atoms with van der Waals surface area (Å²) in [6.07, 6.45) is -3.51. The van der Waals surface area contributed by atoms with E-state index in [-0.39, 0.29) is 36.0 Å². The normalized spacial score (nSPS) is 15.3. The highest BCUT2D eigenvalue weighted by Crippen LogP contribution is 2.29. The van der Waals surface area contributed by atoms with Crippen LogP contribution in [0.4, 0.5) is 24.5 Å². The fourth-order valence-electron chi connectivity index (χ4n) is 5.64. The second-order valence-corrected chi connectivity index (χ2v) is 15.2. The number of H-pyrrole nitrogens is 1. The number of nitrogens with one attached hydrogen (secondary N) is 4. The van der Waals surface area contributed by atoms with Gasteiger partial charge in [0.25, 0.3) is 5.56 Å². The first kappa shape index (κ1) is 40.1. The van der Waals surface area contributed by atoms with Crippen molar-refractivity contribution in [2.24, 2.45) is 0 Å². The second kappa shape index (κ2) is 15.9. The largest absolute Gasteiger partial charge is 0.490 e. The zero-order chi connectivity index (χ0) is 39.4. The minimum atomic E-state index is -5.08. The lowest BCUT2D eigenvalue weighted by Gasteiger charge is -2.26. The predicted octanol–water partition coefficient (Wildman–Crippen LogP) is 4.73. The smallest absolute Gasteiger partial charge is 0.475 e. The van der Waals surface area contributed by atoms with Crippen molar-refractivity contribution in [2.75, 3.05) is 17.2 Å². The van der Waals surface area contributed by atoms with Gasteiger partial charge in [-0.05, 0) is 97.3 Å². The number of carbonyl (C=O) groups excluding carboxylic acids is 3. The number of aromatic nitrogens is 1. The number of nitrogens with zero attached hydrogens (tertiary/aromatic N) is 1. The third kappa shape index (κ3) is 9.59. The van der Waals surface area contributed by atoms with Crippen LogP contribution in [0.15, 0.2) is 70.5 Å². The Hall–Kier alpha value is -5.71. The van der Waals surface area contributed by atoms with Crippen molar-refractivity contribution in [1.29, 1.82) is 0 Å². The van der Waals surface area contributed by atoms with Gasteiger partial charge in [0, 0.05) is 43.0 Å². The molecule has 4 bridgehead atoms. The van der Waals surface area contributed by atoms with Crippen molar-refractivity contribution < 1.29 is 45.9 Å². The Labute approximate surface area is 302 Å². The van der Waals surface area contributed by atoms with E-state index in [1.54, 1.807) is 44.3 Å². The number of hydrogen-bond donors (Lipinski definition) is 5. The average Bonchev–Trinajstić information content (AvgIpc) is 3.06. The highest BCUT2D eigenvalue weighted by molar-refractivity contribution is 7.92. The van der Waals surface area contributed by atoms with Gasteiger partial charge in [-0.1, -0.05) is 18.2 Å². The minimum Gasteiger partial charge on any atom is -0.475 e. The number of amides is 3. The van der Waals surface area contributed by atoms with Crippen molar-refractivity contribution in [2.45, 2.75) is 70.1 Å². The third-order valence-electron chi connectivity index (χ3n) is 8.50. The van der Waals surface area contributed by atoms with Gasteiger partial charge in [0.1, 0.15) is 12.6 Å². The first-order valence-corrected chi connectivity index (χ1v) is 17.7. The van der Waals surface area contributed by atoms with Crippen LogP contribution in [0.3, 0.4) is 0 Å². The van der Waals surface area contributed by atoms with Crippen LogP contribution in [0.2, 0.25) is 0 Å². The molecule has 13 nitrogen and oxygen atoms in total. The number of aryl methyl sites for hydroxylation is 2. The van der Waals surface area contributed by atoms with Crippen LogP contribution in [0, 0.1) is 13.8 Å². The molecule has 17 heteroatoms. The number of alkyl halides is 3. The first-order chi connectivity index (χ1) is 24.7. The molecule has 53 heavy (non-hydrogen) atoms. The van der Waals surface area contributed by atoms with Crippen molar-refractivity contribution >= 4 is 55.7 Å². The maximum atomic E-state index is 14.0. The molecular weight excluding hydrogens is 719 g/mol. The second-order valence-electron chi connectivity index (χ2n) is 12.7. The van der Waals surface area contributed by atoms with Crippen LogP contribution >= 0.6 is 0 Å². The SMILES string of the molecule is CC(=O)N1CC(=O)Nc2ccc(S(=O)(=O)C(C)C)c(c2)CNC(=O)C(Nc2ccc3cc[nH]c(=O)c3c2)c2cc(C)c(c(C)c2)C1.O=C(O)C(F)(F)F. The van der Waals surface area contributed by atoms with Crippen LogP contribution in [-0.4, -0.2) is 65.1 Å². The van der Waals surface area contributed by atoms with Gasteiger partial charge in [-0.15, -0.1) is 0 Å². The Morgan fingerprint density at radius 3 is 2.19 bits per heavy atom. The summed E-state index contributed by atoms with van der Waals surface area (Å²) in [5.74, 6) is -3.92. The Balaban J connectivity index is 0.000000815. The van der Waals surface area contributed by atoms with E-state index in [1.807, 2.05) is 26.0 Å². The number of halogens is 3. The Morgan fingerprint density at radius 1 is 0.962 bits per heavy atom. The van der Waals surface area contributed by atoms with Crippen LogP contribution in [-0.2, 0) is 42.1 Å². The molecule has 1 atom stereocenters. The summed E-state index contributed by atoms with van der Waals surface area (Å²) in [5, 5.41) is 16.6. The van der Waals surface area contributed by atoms with Gasteiger partial charge in [-0.2, -0.15) is 13.2 Å². The standard InChI is InChI=1S/C34H37N5O6S.C2HF3O2/c1-19(2)46(44,45)30-9-8-26-14-25(30)16-36-34(43)32(38-27-7-6-23-10-11-35-33(42)28(23)15-27)24-12-20(3)29(21(4)13-24)17-39(22(5)40)18-31(41)37-26;3-2(4,5)1(6)7/h6-15,19,32,38H,16-18H2,1-5H3,(H,35,42)(H,36,43)(H,37,41);(H,6,7). The molecule has 0 spiro atoms. The minimum absolute atomic E-state index is 0.0431. The summed E-state index contributed by atoms with van der Waals surface area (Å²) < 4.78 is 58.3. The molecule has 1 aromatic heterocycles. The lowest BCUT2D eigenvalue weighted by molar-refractivity contribution is -0.192. The molecule has 0 fully saturated rings. The summed E-state index contributed by atoms with van der Waals surface area (Å²) in [4.78, 5) is 65.3. The number of sulfone groups is 1. The number of carbonyl (C=O) groups is 4. The maximum absolute atomic E-state index is 14.0.